The number of hydrogen-bond donors (Lipinski definition) is 0. The first-order valence-electron chi connectivity index (χ1n) is 29.0. The molecule has 0 saturated heterocycles. The van der Waals surface area contributed by atoms with Gasteiger partial charge in [-0.1, -0.05) is 177 Å². The molecule has 3 heterocycles. The number of benzene rings is 11. The van der Waals surface area contributed by atoms with Gasteiger partial charge in [-0.05, 0) is 162 Å². The fourth-order valence-corrected chi connectivity index (χ4v) is 15.9. The van der Waals surface area contributed by atoms with Crippen molar-refractivity contribution in [1.82, 2.24) is 0 Å². The van der Waals surface area contributed by atoms with Crippen LogP contribution in [0.3, 0.4) is 0 Å². The Balaban J connectivity index is 0.788. The van der Waals surface area contributed by atoms with Crippen LogP contribution < -0.4 is 4.90 Å². The second-order valence-electron chi connectivity index (χ2n) is 25.9. The minimum atomic E-state index is -0.298. The Morgan fingerprint density at radius 3 is 1.10 bits per heavy atom. The Morgan fingerprint density at radius 2 is 0.622 bits per heavy atom. The van der Waals surface area contributed by atoms with Crippen molar-refractivity contribution in [2.24, 2.45) is 0 Å². The summed E-state index contributed by atoms with van der Waals surface area (Å²) in [6.45, 7) is 19.2. The first-order valence-corrected chi connectivity index (χ1v) is 29.0. The molecule has 11 aromatic carbocycles. The van der Waals surface area contributed by atoms with Gasteiger partial charge in [-0.15, -0.1) is 0 Å². The number of fused-ring (bicyclic) bond motifs is 23. The average Bonchev–Trinajstić information content (AvgIpc) is 2.00. The monoisotopic (exact) mass is 1060 g/mol. The standard InChI is InChI=1S/C78H57NO3/c1-75(2)59-34-32-53-50-17-10-13-22-68(50)81-73(53)70(59)57-40-63-55(38-65(57)75)47-30-28-44(36-61(47)77(63,5)6)79(43-26-24-42(25-27-43)46-19-15-20-52-49-16-9-12-21-67(49)80-72(46)52)45-29-31-48-56-39-66-58(41-64(56)78(7,8)62(48)37-45)71-60(76(66,3)4)35-33-54-51-18-11-14-23-69(51)82-74(54)71/h9-41H,1-8H3. The maximum Gasteiger partial charge on any atom is 0.143 e. The number of anilines is 3. The molecule has 0 radical (unpaired) electrons. The van der Waals surface area contributed by atoms with Crippen LogP contribution in [0.1, 0.15) is 99.9 Å². The van der Waals surface area contributed by atoms with E-state index in [2.05, 4.69) is 254 Å². The van der Waals surface area contributed by atoms with Gasteiger partial charge in [0.05, 0.1) is 0 Å². The van der Waals surface area contributed by atoms with Gasteiger partial charge in [-0.25, -0.2) is 0 Å². The Bertz CT molecular complexity index is 4970. The van der Waals surface area contributed by atoms with Gasteiger partial charge in [-0.2, -0.15) is 0 Å². The molecule has 0 N–H and O–H groups in total. The molecule has 4 aliphatic carbocycles. The van der Waals surface area contributed by atoms with Gasteiger partial charge in [0.15, 0.2) is 0 Å². The summed E-state index contributed by atoms with van der Waals surface area (Å²) in [5, 5.41) is 6.93. The summed E-state index contributed by atoms with van der Waals surface area (Å²) in [4.78, 5) is 2.49. The van der Waals surface area contributed by atoms with Crippen molar-refractivity contribution in [2.75, 3.05) is 4.90 Å². The summed E-state index contributed by atoms with van der Waals surface area (Å²) >= 11 is 0. The highest BCUT2D eigenvalue weighted by Gasteiger charge is 2.45. The fourth-order valence-electron chi connectivity index (χ4n) is 15.9. The summed E-state index contributed by atoms with van der Waals surface area (Å²) < 4.78 is 20.1. The normalized spacial score (nSPS) is 16.0. The van der Waals surface area contributed by atoms with Crippen molar-refractivity contribution >= 4 is 82.9 Å². The summed E-state index contributed by atoms with van der Waals surface area (Å²) in [6.07, 6.45) is 0. The Morgan fingerprint density at radius 1 is 0.256 bits per heavy atom. The van der Waals surface area contributed by atoms with Gasteiger partial charge in [0.1, 0.15) is 33.5 Å². The topological polar surface area (TPSA) is 42.7 Å². The van der Waals surface area contributed by atoms with Crippen LogP contribution in [0.25, 0.3) is 121 Å². The minimum Gasteiger partial charge on any atom is -0.455 e. The van der Waals surface area contributed by atoms with E-state index in [1.54, 1.807) is 0 Å². The Labute approximate surface area is 475 Å². The van der Waals surface area contributed by atoms with Crippen molar-refractivity contribution in [3.8, 4) is 55.6 Å². The van der Waals surface area contributed by atoms with E-state index in [0.717, 1.165) is 83.2 Å². The largest absolute Gasteiger partial charge is 0.455 e. The van der Waals surface area contributed by atoms with Crippen LogP contribution in [-0.2, 0) is 21.7 Å². The SMILES string of the molecule is CC1(C)c2cc(N(c3ccc(-c4cccc5c4oc4ccccc45)cc3)c3ccc4c(c3)C(C)(C)c3cc5c(cc3-4)C(C)(C)c3ccc4c(oc6ccccc64)c3-5)ccc2-c2cc3c(cc21)-c1c(ccc2c1oc1ccccc12)C3(C)C. The van der Waals surface area contributed by atoms with E-state index >= 15 is 0 Å². The third-order valence-electron chi connectivity index (χ3n) is 20.3. The van der Waals surface area contributed by atoms with Gasteiger partial charge in [0, 0.05) is 87.7 Å². The molecule has 4 aliphatic rings. The number of furan rings is 3. The van der Waals surface area contributed by atoms with Crippen LogP contribution in [0.15, 0.2) is 213 Å². The summed E-state index contributed by atoms with van der Waals surface area (Å²) in [7, 11) is 0. The lowest BCUT2D eigenvalue weighted by molar-refractivity contribution is 0.649. The molecule has 0 aliphatic heterocycles. The van der Waals surface area contributed by atoms with Gasteiger partial charge >= 0.3 is 0 Å². The molecule has 82 heavy (non-hydrogen) atoms. The molecule has 4 nitrogen and oxygen atoms in total. The van der Waals surface area contributed by atoms with Gasteiger partial charge in [0.2, 0.25) is 0 Å². The maximum absolute atomic E-state index is 6.78. The third-order valence-corrected chi connectivity index (χ3v) is 20.3. The van der Waals surface area contributed by atoms with Crippen LogP contribution in [-0.4, -0.2) is 0 Å². The number of para-hydroxylation sites is 4. The molecule has 4 heteroatoms. The van der Waals surface area contributed by atoms with Crippen molar-refractivity contribution < 1.29 is 13.3 Å². The zero-order valence-electron chi connectivity index (χ0n) is 47.2. The van der Waals surface area contributed by atoms with Crippen LogP contribution in [0.5, 0.6) is 0 Å². The van der Waals surface area contributed by atoms with Crippen molar-refractivity contribution in [2.45, 2.75) is 77.0 Å². The Kier molecular flexibility index (Phi) is 8.67. The molecule has 0 unspecified atom stereocenters. The van der Waals surface area contributed by atoms with E-state index in [-0.39, 0.29) is 21.7 Å². The van der Waals surface area contributed by atoms with E-state index in [9.17, 15) is 0 Å². The first kappa shape index (κ1) is 46.4. The van der Waals surface area contributed by atoms with Crippen LogP contribution in [0, 0.1) is 0 Å². The molecular weight excluding hydrogens is 999 g/mol. The van der Waals surface area contributed by atoms with Crippen molar-refractivity contribution in [3.63, 3.8) is 0 Å². The molecule has 0 amide bonds. The second kappa shape index (κ2) is 15.3. The molecule has 0 atom stereocenters. The molecule has 14 aromatic rings. The summed E-state index contributed by atoms with van der Waals surface area (Å²) in [5.41, 5.74) is 31.1. The lowest BCUT2D eigenvalue weighted by Crippen LogP contribution is -2.18. The van der Waals surface area contributed by atoms with Crippen LogP contribution >= 0.6 is 0 Å². The lowest BCUT2D eigenvalue weighted by Gasteiger charge is -2.30. The molecule has 0 saturated carbocycles. The average molecular weight is 1060 g/mol. The highest BCUT2D eigenvalue weighted by molar-refractivity contribution is 6.14. The van der Waals surface area contributed by atoms with Crippen molar-refractivity contribution in [1.29, 1.82) is 0 Å². The third kappa shape index (κ3) is 5.77. The zero-order valence-corrected chi connectivity index (χ0v) is 47.2. The van der Waals surface area contributed by atoms with Gasteiger partial charge < -0.3 is 18.2 Å². The lowest BCUT2D eigenvalue weighted by atomic mass is 9.79. The fraction of sp³-hybridized carbons (Fsp3) is 0.154. The van der Waals surface area contributed by atoms with Gasteiger partial charge in [-0.3, -0.25) is 0 Å². The molecular formula is C78H57NO3. The van der Waals surface area contributed by atoms with E-state index < -0.39 is 0 Å². The zero-order chi connectivity index (χ0) is 55.1. The van der Waals surface area contributed by atoms with E-state index in [1.165, 1.54) is 99.8 Å². The number of hydrogen-bond acceptors (Lipinski definition) is 4. The quantitative estimate of drug-likeness (QED) is 0.176. The predicted molar refractivity (Wildman–Crippen MR) is 339 cm³/mol. The van der Waals surface area contributed by atoms with Crippen LogP contribution in [0.4, 0.5) is 17.1 Å². The minimum absolute atomic E-state index is 0.207. The molecule has 0 bridgehead atoms. The van der Waals surface area contributed by atoms with Crippen LogP contribution in [0.2, 0.25) is 0 Å². The molecule has 0 spiro atoms. The highest BCUT2D eigenvalue weighted by Crippen LogP contribution is 2.61. The van der Waals surface area contributed by atoms with E-state index in [4.69, 9.17) is 13.3 Å². The first-order chi connectivity index (χ1) is 39.7. The molecule has 18 rings (SSSR count). The Hall–Kier alpha value is -9.38. The molecule has 0 fully saturated rings. The molecule has 3 aromatic heterocycles. The summed E-state index contributed by atoms with van der Waals surface area (Å²) in [6, 6.07) is 74.6. The van der Waals surface area contributed by atoms with E-state index in [0.29, 0.717) is 0 Å². The summed E-state index contributed by atoms with van der Waals surface area (Å²) in [5.74, 6) is 0. The van der Waals surface area contributed by atoms with Crippen molar-refractivity contribution in [3.05, 3.63) is 245 Å². The number of rotatable bonds is 4. The number of nitrogens with zero attached hydrogens (tertiary/aromatic N) is 1. The molecule has 392 valence electrons. The smallest absolute Gasteiger partial charge is 0.143 e. The highest BCUT2D eigenvalue weighted by atomic mass is 16.3. The maximum atomic E-state index is 6.78. The van der Waals surface area contributed by atoms with E-state index in [1.807, 2.05) is 6.07 Å². The predicted octanol–water partition coefficient (Wildman–Crippen LogP) is 21.7. The second-order valence-corrected chi connectivity index (χ2v) is 25.9. The van der Waals surface area contributed by atoms with Gasteiger partial charge in [0.25, 0.3) is 0 Å².